The van der Waals surface area contributed by atoms with Gasteiger partial charge >= 0.3 is 0 Å². The second kappa shape index (κ2) is 10.6. The van der Waals surface area contributed by atoms with E-state index in [1.54, 1.807) is 0 Å². The zero-order valence-corrected chi connectivity index (χ0v) is 28.2. The maximum atomic E-state index is 11.0. The lowest BCUT2D eigenvalue weighted by atomic mass is 9.53. The van der Waals surface area contributed by atoms with Gasteiger partial charge in [0.25, 0.3) is 0 Å². The lowest BCUT2D eigenvalue weighted by Gasteiger charge is -2.49. The minimum Gasteiger partial charge on any atom is -0.256 e. The molecule has 2 heteroatoms. The van der Waals surface area contributed by atoms with Crippen molar-refractivity contribution in [1.82, 2.24) is 4.98 Å². The predicted octanol–water partition coefficient (Wildman–Crippen LogP) is 11.5. The number of fused-ring (bicyclic) bond motifs is 1. The van der Waals surface area contributed by atoms with Crippen molar-refractivity contribution in [3.63, 3.8) is 0 Å². The van der Waals surface area contributed by atoms with Crippen LogP contribution in [-0.2, 0) is 17.3 Å². The Morgan fingerprint density at radius 3 is 1.98 bits per heavy atom. The summed E-state index contributed by atoms with van der Waals surface area (Å²) < 4.78 is 0. The van der Waals surface area contributed by atoms with E-state index in [9.17, 15) is 5.26 Å². The molecule has 0 saturated heterocycles. The lowest BCUT2D eigenvalue weighted by Crippen LogP contribution is -2.43. The maximum Gasteiger partial charge on any atom is 0.0853 e. The second-order valence-corrected chi connectivity index (χ2v) is 17.1. The molecule has 1 saturated carbocycles. The number of nitrogens with zero attached hydrogens (tertiary/aromatic N) is 2. The molecule has 1 aliphatic carbocycles. The Morgan fingerprint density at radius 1 is 0.767 bits per heavy atom. The summed E-state index contributed by atoms with van der Waals surface area (Å²) in [5.74, 6) is 0. The molecule has 0 unspecified atom stereocenters. The van der Waals surface area contributed by atoms with Gasteiger partial charge in [0.15, 0.2) is 0 Å². The summed E-state index contributed by atoms with van der Waals surface area (Å²) in [5.41, 5.74) is 7.83. The van der Waals surface area contributed by atoms with Gasteiger partial charge in [-0.15, -0.1) is 0 Å². The Hall–Kier alpha value is -3.44. The molecule has 5 rings (SSSR count). The van der Waals surface area contributed by atoms with Crippen LogP contribution in [0.3, 0.4) is 0 Å². The van der Waals surface area contributed by atoms with Crippen LogP contribution in [0.5, 0.6) is 0 Å². The average Bonchev–Trinajstić information content (AvgIpc) is 2.89. The first-order chi connectivity index (χ1) is 19.9. The highest BCUT2D eigenvalue weighted by molar-refractivity contribution is 5.91. The van der Waals surface area contributed by atoms with E-state index in [0.717, 1.165) is 53.6 Å². The van der Waals surface area contributed by atoms with Crippen LogP contribution in [0.25, 0.3) is 33.2 Å². The summed E-state index contributed by atoms with van der Waals surface area (Å²) in [6.07, 6.45) is 5.85. The zero-order valence-electron chi connectivity index (χ0n) is 28.2. The zero-order chi connectivity index (χ0) is 31.4. The smallest absolute Gasteiger partial charge is 0.0853 e. The van der Waals surface area contributed by atoms with Gasteiger partial charge in [-0.05, 0) is 104 Å². The summed E-state index contributed by atoms with van der Waals surface area (Å²) >= 11 is 0. The molecule has 0 atom stereocenters. The van der Waals surface area contributed by atoms with Gasteiger partial charge in [-0.25, -0.2) is 0 Å². The van der Waals surface area contributed by atoms with Gasteiger partial charge in [-0.3, -0.25) is 4.98 Å². The van der Waals surface area contributed by atoms with Gasteiger partial charge in [0.2, 0.25) is 0 Å². The Kier molecular flexibility index (Phi) is 7.66. The Labute approximate surface area is 260 Å². The third-order valence-corrected chi connectivity index (χ3v) is 9.12. The number of hydrogen-bond acceptors (Lipinski definition) is 2. The highest BCUT2D eigenvalue weighted by atomic mass is 14.7. The van der Waals surface area contributed by atoms with E-state index in [2.05, 4.69) is 142 Å². The number of aromatic nitrogens is 1. The van der Waals surface area contributed by atoms with E-state index in [4.69, 9.17) is 4.98 Å². The van der Waals surface area contributed by atoms with Crippen LogP contribution in [0, 0.1) is 27.6 Å². The van der Waals surface area contributed by atoms with Gasteiger partial charge in [-0.2, -0.15) is 5.26 Å². The Balaban J connectivity index is 1.74. The first-order valence-electron chi connectivity index (χ1n) is 16.0. The van der Waals surface area contributed by atoms with Crippen molar-refractivity contribution in [3.05, 3.63) is 89.6 Å². The van der Waals surface area contributed by atoms with Crippen molar-refractivity contribution in [3.8, 4) is 28.5 Å². The highest BCUT2D eigenvalue weighted by Gasteiger charge is 2.49. The molecule has 0 spiro atoms. The SMILES string of the molecule is CC(C)(C)Cc1ccc(-c2cc(-c3cc(C(C)(C)C)c4ccccc4c3)ncc2C2(C#N)CC(C)(C)CC(C)(C)C2)cc1. The van der Waals surface area contributed by atoms with Crippen LogP contribution in [0.4, 0.5) is 0 Å². The topological polar surface area (TPSA) is 36.7 Å². The van der Waals surface area contributed by atoms with Gasteiger partial charge in [0.1, 0.15) is 0 Å². The molecule has 0 amide bonds. The number of nitriles is 1. The largest absolute Gasteiger partial charge is 0.256 e. The van der Waals surface area contributed by atoms with Crippen molar-refractivity contribution in [2.45, 2.75) is 106 Å². The molecule has 1 aromatic heterocycles. The third kappa shape index (κ3) is 6.57. The number of pyridine rings is 1. The monoisotopic (exact) mass is 570 g/mol. The predicted molar refractivity (Wildman–Crippen MR) is 183 cm³/mol. The molecule has 0 bridgehead atoms. The first-order valence-corrected chi connectivity index (χ1v) is 16.0. The highest BCUT2D eigenvalue weighted by Crippen LogP contribution is 2.56. The van der Waals surface area contributed by atoms with Crippen molar-refractivity contribution in [1.29, 1.82) is 5.26 Å². The van der Waals surface area contributed by atoms with Crippen LogP contribution < -0.4 is 0 Å². The molecular formula is C41H50N2. The summed E-state index contributed by atoms with van der Waals surface area (Å²) in [7, 11) is 0. The average molecular weight is 571 g/mol. The Bertz CT molecular complexity index is 1670. The summed E-state index contributed by atoms with van der Waals surface area (Å²) in [6.45, 7) is 23.0. The number of benzene rings is 3. The molecule has 1 aliphatic rings. The first kappa shape index (κ1) is 31.0. The van der Waals surface area contributed by atoms with E-state index in [-0.39, 0.29) is 21.7 Å². The maximum absolute atomic E-state index is 11.0. The van der Waals surface area contributed by atoms with Crippen LogP contribution >= 0.6 is 0 Å². The van der Waals surface area contributed by atoms with E-state index < -0.39 is 5.41 Å². The number of rotatable bonds is 4. The lowest BCUT2D eigenvalue weighted by molar-refractivity contribution is 0.0694. The van der Waals surface area contributed by atoms with E-state index in [0.29, 0.717) is 0 Å². The van der Waals surface area contributed by atoms with E-state index >= 15 is 0 Å². The molecule has 0 radical (unpaired) electrons. The van der Waals surface area contributed by atoms with Gasteiger partial charge in [0, 0.05) is 11.8 Å². The molecule has 1 fully saturated rings. The van der Waals surface area contributed by atoms with Crippen molar-refractivity contribution in [2.75, 3.05) is 0 Å². The molecular weight excluding hydrogens is 520 g/mol. The molecule has 224 valence electrons. The van der Waals surface area contributed by atoms with Crippen LogP contribution in [0.1, 0.15) is 105 Å². The molecule has 4 aromatic rings. The van der Waals surface area contributed by atoms with Crippen molar-refractivity contribution < 1.29 is 0 Å². The molecule has 3 aromatic carbocycles. The quantitative estimate of drug-likeness (QED) is 0.245. The van der Waals surface area contributed by atoms with E-state index in [1.165, 1.54) is 21.9 Å². The molecule has 0 aliphatic heterocycles. The molecule has 2 nitrogen and oxygen atoms in total. The van der Waals surface area contributed by atoms with Gasteiger partial charge in [0.05, 0.1) is 17.2 Å². The standard InChI is InChI=1S/C41H50N2/c1-37(2,3)22-28-15-17-29(18-16-28)33-21-36(31-19-30-13-11-12-14-32(30)34(20-31)38(4,5)6)43-23-35(33)41(27-42)25-39(7,8)24-40(9,10)26-41/h11-21,23H,22,24-26H2,1-10H3. The van der Waals surface area contributed by atoms with Crippen LogP contribution in [-0.4, -0.2) is 4.98 Å². The van der Waals surface area contributed by atoms with Crippen LogP contribution in [0.2, 0.25) is 0 Å². The second-order valence-electron chi connectivity index (χ2n) is 17.1. The van der Waals surface area contributed by atoms with Crippen molar-refractivity contribution >= 4 is 10.8 Å². The fourth-order valence-electron chi connectivity index (χ4n) is 8.17. The summed E-state index contributed by atoms with van der Waals surface area (Å²) in [5, 5.41) is 13.5. The fraction of sp³-hybridized carbons (Fsp3) is 0.463. The van der Waals surface area contributed by atoms with E-state index in [1.807, 2.05) is 6.20 Å². The van der Waals surface area contributed by atoms with Crippen molar-refractivity contribution in [2.24, 2.45) is 16.2 Å². The fourth-order valence-corrected chi connectivity index (χ4v) is 8.17. The molecule has 1 heterocycles. The van der Waals surface area contributed by atoms with Crippen LogP contribution in [0.15, 0.2) is 72.9 Å². The molecule has 43 heavy (non-hydrogen) atoms. The summed E-state index contributed by atoms with van der Waals surface area (Å²) in [6, 6.07) is 27.5. The summed E-state index contributed by atoms with van der Waals surface area (Å²) in [4.78, 5) is 5.14. The third-order valence-electron chi connectivity index (χ3n) is 9.12. The normalized spacial score (nSPS) is 17.9. The van der Waals surface area contributed by atoms with Gasteiger partial charge in [-0.1, -0.05) is 118 Å². The molecule has 0 N–H and O–H groups in total. The van der Waals surface area contributed by atoms with Gasteiger partial charge < -0.3 is 0 Å². The minimum absolute atomic E-state index is 0.00853. The minimum atomic E-state index is -0.601. The Morgan fingerprint density at radius 2 is 1.40 bits per heavy atom. The number of hydrogen-bond donors (Lipinski definition) is 0.